The van der Waals surface area contributed by atoms with Crippen molar-refractivity contribution in [2.75, 3.05) is 25.5 Å². The summed E-state index contributed by atoms with van der Waals surface area (Å²) in [5, 5.41) is 3.10. The van der Waals surface area contributed by atoms with Crippen LogP contribution in [0.15, 0.2) is 24.3 Å². The van der Waals surface area contributed by atoms with Crippen molar-refractivity contribution in [1.82, 2.24) is 0 Å². The highest BCUT2D eigenvalue weighted by Gasteiger charge is 2.03. The molecule has 1 aromatic carbocycles. The molecule has 14 heavy (non-hydrogen) atoms. The molecule has 0 unspecified atom stereocenters. The van der Waals surface area contributed by atoms with Gasteiger partial charge in [-0.1, -0.05) is 0 Å². The summed E-state index contributed by atoms with van der Waals surface area (Å²) in [5.74, 6) is -0.324. The highest BCUT2D eigenvalue weighted by Crippen LogP contribution is 2.09. The molecule has 4 heteroatoms. The summed E-state index contributed by atoms with van der Waals surface area (Å²) in [5.41, 5.74) is 6.83. The van der Waals surface area contributed by atoms with E-state index < -0.39 is 0 Å². The molecule has 0 aromatic heterocycles. The number of esters is 1. The molecule has 4 nitrogen and oxygen atoms in total. The number of hydrogen-bond acceptors (Lipinski definition) is 4. The third-order valence-electron chi connectivity index (χ3n) is 1.78. The van der Waals surface area contributed by atoms with E-state index in [4.69, 9.17) is 5.73 Å². The minimum atomic E-state index is -0.324. The predicted molar refractivity (Wildman–Crippen MR) is 55.3 cm³/mol. The quantitative estimate of drug-likeness (QED) is 0.697. The third-order valence-corrected chi connectivity index (χ3v) is 1.78. The second-order valence-corrected chi connectivity index (χ2v) is 2.78. The van der Waals surface area contributed by atoms with Crippen molar-refractivity contribution in [2.24, 2.45) is 5.73 Å². The maximum atomic E-state index is 11.1. The van der Waals surface area contributed by atoms with Gasteiger partial charge in [-0.25, -0.2) is 4.79 Å². The van der Waals surface area contributed by atoms with Gasteiger partial charge in [0, 0.05) is 18.8 Å². The largest absolute Gasteiger partial charge is 0.465 e. The van der Waals surface area contributed by atoms with E-state index in [1.165, 1.54) is 7.11 Å². The number of ether oxygens (including phenoxy) is 1. The number of methoxy groups -OCH3 is 1. The van der Waals surface area contributed by atoms with E-state index in [0.717, 1.165) is 12.2 Å². The maximum absolute atomic E-state index is 11.1. The number of nitrogens with two attached hydrogens (primary N) is 1. The molecule has 0 atom stereocenters. The molecule has 0 aliphatic carbocycles. The second kappa shape index (κ2) is 5.24. The van der Waals surface area contributed by atoms with E-state index in [0.29, 0.717) is 12.1 Å². The minimum Gasteiger partial charge on any atom is -0.465 e. The number of carbonyl (C=O) groups excluding carboxylic acids is 1. The number of carbonyl (C=O) groups is 1. The fourth-order valence-corrected chi connectivity index (χ4v) is 1.06. The SMILES string of the molecule is COC(=O)c1ccc(NCCN)cc1. The second-order valence-electron chi connectivity index (χ2n) is 2.78. The standard InChI is InChI=1S/C10H14N2O2/c1-14-10(13)8-2-4-9(5-3-8)12-7-6-11/h2-5,12H,6-7,11H2,1H3. The van der Waals surface area contributed by atoms with Gasteiger partial charge in [-0.2, -0.15) is 0 Å². The zero-order valence-corrected chi connectivity index (χ0v) is 8.12. The van der Waals surface area contributed by atoms with Gasteiger partial charge in [-0.15, -0.1) is 0 Å². The molecule has 1 rings (SSSR count). The van der Waals surface area contributed by atoms with Crippen molar-refractivity contribution < 1.29 is 9.53 Å². The Morgan fingerprint density at radius 2 is 2.07 bits per heavy atom. The molecule has 0 saturated carbocycles. The Hall–Kier alpha value is -1.55. The lowest BCUT2D eigenvalue weighted by Crippen LogP contribution is -2.13. The summed E-state index contributed by atoms with van der Waals surface area (Å²) in [4.78, 5) is 11.1. The Morgan fingerprint density at radius 1 is 1.43 bits per heavy atom. The van der Waals surface area contributed by atoms with Crippen LogP contribution in [-0.2, 0) is 4.74 Å². The lowest BCUT2D eigenvalue weighted by molar-refractivity contribution is 0.0601. The molecule has 0 radical (unpaired) electrons. The smallest absolute Gasteiger partial charge is 0.337 e. The predicted octanol–water partition coefficient (Wildman–Crippen LogP) is 0.844. The van der Waals surface area contributed by atoms with Crippen LogP contribution >= 0.6 is 0 Å². The van der Waals surface area contributed by atoms with Crippen molar-refractivity contribution in [1.29, 1.82) is 0 Å². The number of anilines is 1. The van der Waals surface area contributed by atoms with Gasteiger partial charge in [0.15, 0.2) is 0 Å². The van der Waals surface area contributed by atoms with Crippen molar-refractivity contribution in [3.05, 3.63) is 29.8 Å². The van der Waals surface area contributed by atoms with E-state index in [1.54, 1.807) is 12.1 Å². The molecule has 0 bridgehead atoms. The molecule has 0 aliphatic heterocycles. The monoisotopic (exact) mass is 194 g/mol. The van der Waals surface area contributed by atoms with Crippen LogP contribution in [0.4, 0.5) is 5.69 Å². The highest BCUT2D eigenvalue weighted by atomic mass is 16.5. The van der Waals surface area contributed by atoms with Gasteiger partial charge in [-0.3, -0.25) is 0 Å². The van der Waals surface area contributed by atoms with E-state index in [9.17, 15) is 4.79 Å². The van der Waals surface area contributed by atoms with E-state index in [2.05, 4.69) is 10.1 Å². The average Bonchev–Trinajstić information content (AvgIpc) is 2.26. The third kappa shape index (κ3) is 2.74. The molecule has 76 valence electrons. The fourth-order valence-electron chi connectivity index (χ4n) is 1.06. The molecular weight excluding hydrogens is 180 g/mol. The Morgan fingerprint density at radius 3 is 2.57 bits per heavy atom. The van der Waals surface area contributed by atoms with E-state index in [-0.39, 0.29) is 5.97 Å². The number of hydrogen-bond donors (Lipinski definition) is 2. The number of rotatable bonds is 4. The summed E-state index contributed by atoms with van der Waals surface area (Å²) < 4.78 is 4.58. The topological polar surface area (TPSA) is 64.3 Å². The van der Waals surface area contributed by atoms with Crippen LogP contribution in [-0.4, -0.2) is 26.2 Å². The summed E-state index contributed by atoms with van der Waals surface area (Å²) in [6.07, 6.45) is 0. The van der Waals surface area contributed by atoms with Crippen molar-refractivity contribution in [2.45, 2.75) is 0 Å². The van der Waals surface area contributed by atoms with Crippen molar-refractivity contribution in [3.8, 4) is 0 Å². The zero-order valence-electron chi connectivity index (χ0n) is 8.12. The van der Waals surface area contributed by atoms with Crippen molar-refractivity contribution >= 4 is 11.7 Å². The van der Waals surface area contributed by atoms with Gasteiger partial charge >= 0.3 is 5.97 Å². The van der Waals surface area contributed by atoms with Gasteiger partial charge < -0.3 is 15.8 Å². The lowest BCUT2D eigenvalue weighted by atomic mass is 10.2. The first-order valence-electron chi connectivity index (χ1n) is 4.40. The Kier molecular flexibility index (Phi) is 3.94. The molecule has 0 amide bonds. The van der Waals surface area contributed by atoms with Gasteiger partial charge in [0.2, 0.25) is 0 Å². The lowest BCUT2D eigenvalue weighted by Gasteiger charge is -2.04. The van der Waals surface area contributed by atoms with E-state index >= 15 is 0 Å². The molecule has 0 saturated heterocycles. The molecular formula is C10H14N2O2. The summed E-state index contributed by atoms with van der Waals surface area (Å²) in [6, 6.07) is 7.07. The summed E-state index contributed by atoms with van der Waals surface area (Å²) >= 11 is 0. The van der Waals surface area contributed by atoms with Crippen LogP contribution in [0.3, 0.4) is 0 Å². The van der Waals surface area contributed by atoms with Crippen LogP contribution in [0.1, 0.15) is 10.4 Å². The van der Waals surface area contributed by atoms with Crippen LogP contribution in [0.5, 0.6) is 0 Å². The van der Waals surface area contributed by atoms with Gasteiger partial charge in [0.1, 0.15) is 0 Å². The summed E-state index contributed by atoms with van der Waals surface area (Å²) in [7, 11) is 1.36. The first kappa shape index (κ1) is 10.5. The first-order chi connectivity index (χ1) is 6.77. The number of benzene rings is 1. The van der Waals surface area contributed by atoms with E-state index in [1.807, 2.05) is 12.1 Å². The Balaban J connectivity index is 2.63. The molecule has 0 aliphatic rings. The van der Waals surface area contributed by atoms with Crippen molar-refractivity contribution in [3.63, 3.8) is 0 Å². The molecule has 1 aromatic rings. The average molecular weight is 194 g/mol. The minimum absolute atomic E-state index is 0.324. The van der Waals surface area contributed by atoms with Crippen LogP contribution in [0.2, 0.25) is 0 Å². The first-order valence-corrected chi connectivity index (χ1v) is 4.40. The molecule has 3 N–H and O–H groups in total. The Labute approximate surface area is 83.1 Å². The van der Waals surface area contributed by atoms with Gasteiger partial charge in [-0.05, 0) is 24.3 Å². The maximum Gasteiger partial charge on any atom is 0.337 e. The summed E-state index contributed by atoms with van der Waals surface area (Å²) in [6.45, 7) is 1.30. The highest BCUT2D eigenvalue weighted by molar-refractivity contribution is 5.89. The normalized spacial score (nSPS) is 9.57. The number of nitrogens with one attached hydrogen (secondary N) is 1. The van der Waals surface area contributed by atoms with Crippen LogP contribution in [0.25, 0.3) is 0 Å². The zero-order chi connectivity index (χ0) is 10.4. The van der Waals surface area contributed by atoms with Crippen LogP contribution < -0.4 is 11.1 Å². The molecule has 0 spiro atoms. The molecule has 0 fully saturated rings. The van der Waals surface area contributed by atoms with Gasteiger partial charge in [0.25, 0.3) is 0 Å². The molecule has 0 heterocycles. The van der Waals surface area contributed by atoms with Crippen LogP contribution in [0, 0.1) is 0 Å². The fraction of sp³-hybridized carbons (Fsp3) is 0.300. The Bertz CT molecular complexity index is 295. The van der Waals surface area contributed by atoms with Gasteiger partial charge in [0.05, 0.1) is 12.7 Å².